The van der Waals surface area contributed by atoms with Gasteiger partial charge in [-0.15, -0.1) is 25.6 Å². The lowest BCUT2D eigenvalue weighted by Crippen LogP contribution is -2.18. The molecule has 0 aliphatic carbocycles. The molecule has 0 amide bonds. The van der Waals surface area contributed by atoms with Crippen molar-refractivity contribution in [3.05, 3.63) is 29.6 Å². The first kappa shape index (κ1) is 15.0. The molecule has 0 aliphatic rings. The normalized spacial score (nSPS) is 12.9. The number of alkyl halides is 3. The Hall–Kier alpha value is -1.01. The zero-order valence-electron chi connectivity index (χ0n) is 8.22. The van der Waals surface area contributed by atoms with Gasteiger partial charge in [0.1, 0.15) is 0 Å². The molecule has 2 nitrogen and oxygen atoms in total. The average Bonchev–Trinajstić information content (AvgIpc) is 2.05. The maximum absolute atomic E-state index is 13.1. The Morgan fingerprint density at radius 3 is 2.25 bits per heavy atom. The number of hydrogen-bond donors (Lipinski definition) is 1. The van der Waals surface area contributed by atoms with Crippen molar-refractivity contribution in [2.24, 2.45) is 5.73 Å². The lowest BCUT2D eigenvalue weighted by atomic mass is 10.1. The largest absolute Gasteiger partial charge is 0.573 e. The van der Waals surface area contributed by atoms with E-state index in [4.69, 9.17) is 5.73 Å². The molecule has 1 aromatic rings. The molecule has 1 rings (SSSR count). The van der Waals surface area contributed by atoms with Gasteiger partial charge in [-0.05, 0) is 24.6 Å². The van der Waals surface area contributed by atoms with Crippen LogP contribution in [0.5, 0.6) is 5.75 Å². The van der Waals surface area contributed by atoms with Crippen molar-refractivity contribution in [3.8, 4) is 5.75 Å². The van der Waals surface area contributed by atoms with E-state index < -0.39 is 24.0 Å². The van der Waals surface area contributed by atoms with E-state index in [9.17, 15) is 17.6 Å². The molecule has 0 spiro atoms. The molecule has 1 aromatic carbocycles. The average molecular weight is 260 g/mol. The van der Waals surface area contributed by atoms with E-state index in [0.717, 1.165) is 12.1 Å². The Balaban J connectivity index is 0.00000225. The van der Waals surface area contributed by atoms with Gasteiger partial charge in [-0.2, -0.15) is 0 Å². The highest BCUT2D eigenvalue weighted by Gasteiger charge is 2.32. The minimum atomic E-state index is -4.89. The van der Waals surface area contributed by atoms with E-state index in [1.54, 1.807) is 6.92 Å². The van der Waals surface area contributed by atoms with Crippen LogP contribution < -0.4 is 10.5 Å². The van der Waals surface area contributed by atoms with Gasteiger partial charge in [0, 0.05) is 6.04 Å². The molecule has 0 aliphatic heterocycles. The summed E-state index contributed by atoms with van der Waals surface area (Å²) >= 11 is 0. The van der Waals surface area contributed by atoms with Crippen molar-refractivity contribution in [2.75, 3.05) is 0 Å². The fourth-order valence-corrected chi connectivity index (χ4v) is 1.01. The number of benzene rings is 1. The van der Waals surface area contributed by atoms with Crippen molar-refractivity contribution in [3.63, 3.8) is 0 Å². The number of halogens is 5. The first-order valence-corrected chi connectivity index (χ1v) is 4.10. The topological polar surface area (TPSA) is 35.2 Å². The second-order valence-corrected chi connectivity index (χ2v) is 3.03. The van der Waals surface area contributed by atoms with Crippen LogP contribution in [0.15, 0.2) is 18.2 Å². The first-order chi connectivity index (χ1) is 6.79. The lowest BCUT2D eigenvalue weighted by molar-refractivity contribution is -0.275. The standard InChI is InChI=1S/C9H9F4NO.ClH/c1-5(14)6-2-3-8(7(10)4-6)15-9(11,12)13;/h2-5H,14H2,1H3;1H/t5-;/m1./s1. The van der Waals surface area contributed by atoms with Crippen LogP contribution in [-0.4, -0.2) is 6.36 Å². The summed E-state index contributed by atoms with van der Waals surface area (Å²) in [5.74, 6) is -1.94. The molecule has 0 bridgehead atoms. The van der Waals surface area contributed by atoms with Gasteiger partial charge in [0.05, 0.1) is 0 Å². The molecular formula is C9H10ClF4NO. The third kappa shape index (κ3) is 4.24. The van der Waals surface area contributed by atoms with Crippen molar-refractivity contribution >= 4 is 12.4 Å². The van der Waals surface area contributed by atoms with Crippen LogP contribution >= 0.6 is 12.4 Å². The summed E-state index contributed by atoms with van der Waals surface area (Å²) in [4.78, 5) is 0. The van der Waals surface area contributed by atoms with Crippen molar-refractivity contribution in [2.45, 2.75) is 19.3 Å². The zero-order chi connectivity index (χ0) is 11.6. The molecule has 0 fully saturated rings. The number of hydrogen-bond acceptors (Lipinski definition) is 2. The molecule has 16 heavy (non-hydrogen) atoms. The second kappa shape index (κ2) is 5.36. The molecule has 1 atom stereocenters. The fraction of sp³-hybridized carbons (Fsp3) is 0.333. The van der Waals surface area contributed by atoms with Gasteiger partial charge in [-0.3, -0.25) is 0 Å². The Morgan fingerprint density at radius 1 is 1.31 bits per heavy atom. The quantitative estimate of drug-likeness (QED) is 0.828. The zero-order valence-corrected chi connectivity index (χ0v) is 9.03. The van der Waals surface area contributed by atoms with Crippen molar-refractivity contribution in [1.82, 2.24) is 0 Å². The molecule has 0 aromatic heterocycles. The molecule has 7 heteroatoms. The Labute approximate surface area is 95.8 Å². The summed E-state index contributed by atoms with van der Waals surface area (Å²) in [6.07, 6.45) is -4.89. The highest BCUT2D eigenvalue weighted by atomic mass is 35.5. The Morgan fingerprint density at radius 2 is 1.88 bits per heavy atom. The number of nitrogens with two attached hydrogens (primary N) is 1. The van der Waals surface area contributed by atoms with Gasteiger partial charge in [0.25, 0.3) is 0 Å². The Bertz CT molecular complexity index is 354. The van der Waals surface area contributed by atoms with Crippen LogP contribution in [0.4, 0.5) is 17.6 Å². The number of rotatable bonds is 2. The van der Waals surface area contributed by atoms with Gasteiger partial charge >= 0.3 is 6.36 Å². The molecule has 0 heterocycles. The summed E-state index contributed by atoms with van der Waals surface area (Å²) in [7, 11) is 0. The second-order valence-electron chi connectivity index (χ2n) is 3.03. The van der Waals surface area contributed by atoms with Crippen LogP contribution in [0.25, 0.3) is 0 Å². The molecule has 92 valence electrons. The summed E-state index contributed by atoms with van der Waals surface area (Å²) in [5.41, 5.74) is 5.83. The number of ether oxygens (including phenoxy) is 1. The summed E-state index contributed by atoms with van der Waals surface area (Å²) in [5, 5.41) is 0. The smallest absolute Gasteiger partial charge is 0.403 e. The Kier molecular flexibility index (Phi) is 5.02. The summed E-state index contributed by atoms with van der Waals surface area (Å²) < 4.78 is 51.8. The van der Waals surface area contributed by atoms with E-state index >= 15 is 0 Å². The van der Waals surface area contributed by atoms with Crippen molar-refractivity contribution < 1.29 is 22.3 Å². The van der Waals surface area contributed by atoms with Crippen molar-refractivity contribution in [1.29, 1.82) is 0 Å². The van der Waals surface area contributed by atoms with E-state index in [1.165, 1.54) is 6.07 Å². The SMILES string of the molecule is C[C@@H](N)c1ccc(OC(F)(F)F)c(F)c1.Cl. The van der Waals surface area contributed by atoms with E-state index in [-0.39, 0.29) is 12.4 Å². The van der Waals surface area contributed by atoms with Gasteiger partial charge in [-0.25, -0.2) is 4.39 Å². The van der Waals surface area contributed by atoms with Gasteiger partial charge in [0.15, 0.2) is 11.6 Å². The predicted molar refractivity (Wildman–Crippen MR) is 52.9 cm³/mol. The van der Waals surface area contributed by atoms with Crippen LogP contribution in [0, 0.1) is 5.82 Å². The van der Waals surface area contributed by atoms with Gasteiger partial charge in [-0.1, -0.05) is 6.07 Å². The molecule has 0 radical (unpaired) electrons. The third-order valence-corrected chi connectivity index (χ3v) is 1.71. The highest BCUT2D eigenvalue weighted by molar-refractivity contribution is 5.85. The van der Waals surface area contributed by atoms with Crippen LogP contribution in [0.1, 0.15) is 18.5 Å². The summed E-state index contributed by atoms with van der Waals surface area (Å²) in [6, 6.07) is 2.67. The van der Waals surface area contributed by atoms with Gasteiger partial charge in [0.2, 0.25) is 0 Å². The first-order valence-electron chi connectivity index (χ1n) is 4.10. The third-order valence-electron chi connectivity index (χ3n) is 1.71. The minimum absolute atomic E-state index is 0. The molecule has 2 N–H and O–H groups in total. The fourth-order valence-electron chi connectivity index (χ4n) is 1.01. The maximum Gasteiger partial charge on any atom is 0.573 e. The van der Waals surface area contributed by atoms with Crippen LogP contribution in [0.3, 0.4) is 0 Å². The predicted octanol–water partition coefficient (Wildman–Crippen LogP) is 3.17. The summed E-state index contributed by atoms with van der Waals surface area (Å²) in [6.45, 7) is 1.60. The molecular weight excluding hydrogens is 250 g/mol. The van der Waals surface area contributed by atoms with E-state index in [2.05, 4.69) is 4.74 Å². The molecule has 0 unspecified atom stereocenters. The maximum atomic E-state index is 13.1. The highest BCUT2D eigenvalue weighted by Crippen LogP contribution is 2.27. The van der Waals surface area contributed by atoms with E-state index in [1.807, 2.05) is 0 Å². The van der Waals surface area contributed by atoms with Crippen LogP contribution in [0.2, 0.25) is 0 Å². The van der Waals surface area contributed by atoms with Gasteiger partial charge < -0.3 is 10.5 Å². The van der Waals surface area contributed by atoms with Crippen LogP contribution in [-0.2, 0) is 0 Å². The monoisotopic (exact) mass is 259 g/mol. The molecule has 0 saturated heterocycles. The van der Waals surface area contributed by atoms with E-state index in [0.29, 0.717) is 5.56 Å². The lowest BCUT2D eigenvalue weighted by Gasteiger charge is -2.11. The minimum Gasteiger partial charge on any atom is -0.403 e. The molecule has 0 saturated carbocycles.